The Balaban J connectivity index is 0.000000505. The van der Waals surface area contributed by atoms with Crippen molar-refractivity contribution in [1.82, 2.24) is 9.88 Å². The Morgan fingerprint density at radius 2 is 1.89 bits per heavy atom. The maximum Gasteiger partial charge on any atom is 0.490 e. The van der Waals surface area contributed by atoms with Crippen LogP contribution in [0.3, 0.4) is 0 Å². The monoisotopic (exact) mass is 598 g/mol. The van der Waals surface area contributed by atoms with Gasteiger partial charge in [-0.05, 0) is 43.3 Å². The molecule has 0 aliphatic carbocycles. The Morgan fingerprint density at radius 3 is 2.45 bits per heavy atom. The fraction of sp³-hybridized carbons (Fsp3) is 0.273. The third kappa shape index (κ3) is 7.75. The number of thiazole rings is 1. The molecular formula is C22H20ClF5N4O4S2. The van der Waals surface area contributed by atoms with Gasteiger partial charge in [-0.25, -0.2) is 27.0 Å². The predicted octanol–water partition coefficient (Wildman–Crippen LogP) is 5.33. The zero-order valence-electron chi connectivity index (χ0n) is 19.2. The number of carboxylic acid groups (broad SMARTS) is 1. The minimum atomic E-state index is -5.08. The number of carbonyl (C=O) groups is 1. The van der Waals surface area contributed by atoms with Crippen LogP contribution in [-0.2, 0) is 27.9 Å². The summed E-state index contributed by atoms with van der Waals surface area (Å²) in [5.41, 5.74) is 2.52. The van der Waals surface area contributed by atoms with Crippen molar-refractivity contribution in [2.75, 3.05) is 23.1 Å². The zero-order valence-corrected chi connectivity index (χ0v) is 21.6. The molecule has 16 heteroatoms. The number of likely N-dealkylation sites (tertiary alicyclic amines) is 1. The Hall–Kier alpha value is -3.01. The minimum absolute atomic E-state index is 0.0217. The SMILES string of the molecule is O=C(O)C(F)(F)F.O=S(=O)(Nc1cscn1)c1cc(Cl)cc(NCc2c(F)cccc2CN2CCC2)c1F. The molecule has 0 saturated carbocycles. The van der Waals surface area contributed by atoms with E-state index in [0.717, 1.165) is 31.1 Å². The van der Waals surface area contributed by atoms with E-state index in [1.54, 1.807) is 6.07 Å². The van der Waals surface area contributed by atoms with Crippen LogP contribution in [0.2, 0.25) is 5.02 Å². The van der Waals surface area contributed by atoms with Crippen molar-refractivity contribution in [2.24, 2.45) is 0 Å². The van der Waals surface area contributed by atoms with Gasteiger partial charge in [0, 0.05) is 29.1 Å². The van der Waals surface area contributed by atoms with E-state index >= 15 is 4.39 Å². The number of anilines is 2. The van der Waals surface area contributed by atoms with Gasteiger partial charge in [0.2, 0.25) is 0 Å². The molecule has 0 atom stereocenters. The minimum Gasteiger partial charge on any atom is -0.475 e. The number of halogens is 6. The van der Waals surface area contributed by atoms with E-state index in [1.807, 2.05) is 6.07 Å². The van der Waals surface area contributed by atoms with Crippen LogP contribution in [0.5, 0.6) is 0 Å². The fourth-order valence-electron chi connectivity index (χ4n) is 3.26. The lowest BCUT2D eigenvalue weighted by atomic mass is 10.0. The number of aromatic nitrogens is 1. The lowest BCUT2D eigenvalue weighted by molar-refractivity contribution is -0.192. The maximum atomic E-state index is 15.1. The quantitative estimate of drug-likeness (QED) is 0.301. The molecule has 8 nitrogen and oxygen atoms in total. The maximum absolute atomic E-state index is 15.1. The topological polar surface area (TPSA) is 112 Å². The zero-order chi connectivity index (χ0) is 28.1. The number of hydrogen-bond acceptors (Lipinski definition) is 7. The molecule has 1 saturated heterocycles. The molecule has 38 heavy (non-hydrogen) atoms. The lowest BCUT2D eigenvalue weighted by Crippen LogP contribution is -2.36. The van der Waals surface area contributed by atoms with Crippen LogP contribution in [0.15, 0.2) is 46.1 Å². The molecule has 0 spiro atoms. The van der Waals surface area contributed by atoms with Gasteiger partial charge in [0.15, 0.2) is 11.6 Å². The molecule has 1 aliphatic rings. The second-order valence-corrected chi connectivity index (χ2v) is 10.7. The number of nitrogens with one attached hydrogen (secondary N) is 2. The summed E-state index contributed by atoms with van der Waals surface area (Å²) in [5, 5.41) is 11.4. The number of alkyl halides is 3. The fourth-order valence-corrected chi connectivity index (χ4v) is 5.22. The Kier molecular flexibility index (Phi) is 9.51. The average molecular weight is 599 g/mol. The average Bonchev–Trinajstić information content (AvgIpc) is 3.29. The van der Waals surface area contributed by atoms with Gasteiger partial charge in [-0.15, -0.1) is 11.3 Å². The molecule has 0 bridgehead atoms. The Labute approximate surface area is 223 Å². The highest BCUT2D eigenvalue weighted by atomic mass is 35.5. The van der Waals surface area contributed by atoms with Crippen LogP contribution in [-0.4, -0.2) is 48.6 Å². The van der Waals surface area contributed by atoms with E-state index in [-0.39, 0.29) is 23.1 Å². The molecule has 0 radical (unpaired) electrons. The summed E-state index contributed by atoms with van der Waals surface area (Å²) in [5.74, 6) is -4.09. The first kappa shape index (κ1) is 29.5. The second kappa shape index (κ2) is 12.2. The van der Waals surface area contributed by atoms with Crippen molar-refractivity contribution in [3.8, 4) is 0 Å². The van der Waals surface area contributed by atoms with Gasteiger partial charge in [-0.2, -0.15) is 13.2 Å². The molecule has 4 rings (SSSR count). The normalized spacial score (nSPS) is 13.7. The second-order valence-electron chi connectivity index (χ2n) is 7.91. The molecule has 1 fully saturated rings. The number of nitrogens with zero attached hydrogens (tertiary/aromatic N) is 2. The van der Waals surface area contributed by atoms with E-state index in [9.17, 15) is 26.0 Å². The van der Waals surface area contributed by atoms with E-state index in [2.05, 4.69) is 19.9 Å². The molecule has 0 unspecified atom stereocenters. The van der Waals surface area contributed by atoms with Crippen molar-refractivity contribution in [3.63, 3.8) is 0 Å². The van der Waals surface area contributed by atoms with Gasteiger partial charge >= 0.3 is 12.1 Å². The Morgan fingerprint density at radius 1 is 1.21 bits per heavy atom. The molecule has 1 aromatic heterocycles. The van der Waals surface area contributed by atoms with Crippen LogP contribution < -0.4 is 10.0 Å². The molecule has 2 heterocycles. The summed E-state index contributed by atoms with van der Waals surface area (Å²) in [6.07, 6.45) is -3.97. The van der Waals surface area contributed by atoms with Gasteiger partial charge in [0.25, 0.3) is 10.0 Å². The predicted molar refractivity (Wildman–Crippen MR) is 132 cm³/mol. The highest BCUT2D eigenvalue weighted by molar-refractivity contribution is 7.92. The summed E-state index contributed by atoms with van der Waals surface area (Å²) in [7, 11) is -4.26. The third-order valence-corrected chi connectivity index (χ3v) is 7.38. The summed E-state index contributed by atoms with van der Waals surface area (Å²) >= 11 is 7.25. The van der Waals surface area contributed by atoms with E-state index in [4.69, 9.17) is 21.5 Å². The molecular weight excluding hydrogens is 579 g/mol. The van der Waals surface area contributed by atoms with Crippen LogP contribution in [0.4, 0.5) is 33.5 Å². The first-order valence-corrected chi connectivity index (χ1v) is 13.5. The van der Waals surface area contributed by atoms with Crippen LogP contribution in [0.25, 0.3) is 0 Å². The largest absolute Gasteiger partial charge is 0.490 e. The molecule has 3 aromatic rings. The number of aliphatic carboxylic acids is 1. The highest BCUT2D eigenvalue weighted by Gasteiger charge is 2.38. The van der Waals surface area contributed by atoms with Gasteiger partial charge in [0.1, 0.15) is 10.7 Å². The number of rotatable bonds is 8. The standard InChI is InChI=1S/C20H19ClF2N4O2S2.C2HF3O2/c21-14-7-17(20(23)18(8-14)31(28,29)26-19-11-30-12-25-19)24-9-15-13(3-1-4-16(15)22)10-27-5-2-6-27;3-2(4,5)1(6)7/h1,3-4,7-8,11-12,24,26H,2,5-6,9-10H2;(H,6,7). The first-order valence-electron chi connectivity index (χ1n) is 10.7. The van der Waals surface area contributed by atoms with Crippen LogP contribution in [0, 0.1) is 11.6 Å². The van der Waals surface area contributed by atoms with Gasteiger partial charge in [0.05, 0.1) is 11.2 Å². The molecule has 206 valence electrons. The summed E-state index contributed by atoms with van der Waals surface area (Å²) < 4.78 is 88.8. The number of hydrogen-bond donors (Lipinski definition) is 3. The highest BCUT2D eigenvalue weighted by Crippen LogP contribution is 2.30. The van der Waals surface area contributed by atoms with Gasteiger partial charge in [-0.3, -0.25) is 9.62 Å². The molecule has 1 aliphatic heterocycles. The van der Waals surface area contributed by atoms with E-state index < -0.39 is 38.7 Å². The summed E-state index contributed by atoms with van der Waals surface area (Å²) in [6.45, 7) is 2.50. The van der Waals surface area contributed by atoms with Crippen LogP contribution >= 0.6 is 22.9 Å². The number of benzene rings is 2. The van der Waals surface area contributed by atoms with Crippen molar-refractivity contribution in [1.29, 1.82) is 0 Å². The van der Waals surface area contributed by atoms with Crippen LogP contribution in [0.1, 0.15) is 17.5 Å². The molecule has 2 aromatic carbocycles. The summed E-state index contributed by atoms with van der Waals surface area (Å²) in [6, 6.07) is 7.12. The molecule has 3 N–H and O–H groups in total. The van der Waals surface area contributed by atoms with E-state index in [0.29, 0.717) is 12.1 Å². The lowest BCUT2D eigenvalue weighted by Gasteiger charge is -2.31. The number of carboxylic acids is 1. The van der Waals surface area contributed by atoms with Crippen molar-refractivity contribution < 1.29 is 40.3 Å². The first-order chi connectivity index (χ1) is 17.8. The van der Waals surface area contributed by atoms with Crippen molar-refractivity contribution in [3.05, 3.63) is 69.0 Å². The van der Waals surface area contributed by atoms with Crippen molar-refractivity contribution >= 4 is 50.4 Å². The summed E-state index contributed by atoms with van der Waals surface area (Å²) in [4.78, 5) is 14.3. The van der Waals surface area contributed by atoms with E-state index in [1.165, 1.54) is 34.4 Å². The smallest absolute Gasteiger partial charge is 0.475 e. The number of sulfonamides is 1. The molecule has 0 amide bonds. The van der Waals surface area contributed by atoms with Gasteiger partial charge in [-0.1, -0.05) is 23.7 Å². The Bertz CT molecular complexity index is 1390. The van der Waals surface area contributed by atoms with Gasteiger partial charge < -0.3 is 10.4 Å². The van der Waals surface area contributed by atoms with Crippen molar-refractivity contribution in [2.45, 2.75) is 30.6 Å². The third-order valence-electron chi connectivity index (χ3n) is 5.22.